The first-order valence-electron chi connectivity index (χ1n) is 4.44. The Balaban J connectivity index is 2.74. The molecule has 15 heavy (non-hydrogen) atoms. The van der Waals surface area contributed by atoms with Gasteiger partial charge in [0.15, 0.2) is 5.82 Å². The van der Waals surface area contributed by atoms with Crippen LogP contribution in [0.15, 0.2) is 16.6 Å². The molecule has 0 atom stereocenters. The van der Waals surface area contributed by atoms with Crippen LogP contribution in [0.1, 0.15) is 5.82 Å². The van der Waals surface area contributed by atoms with Gasteiger partial charge in [0.2, 0.25) is 0 Å². The van der Waals surface area contributed by atoms with Crippen LogP contribution in [-0.4, -0.2) is 16.7 Å². The summed E-state index contributed by atoms with van der Waals surface area (Å²) in [6.07, 6.45) is 0. The normalized spacial score (nSPS) is 11.2. The summed E-state index contributed by atoms with van der Waals surface area (Å²) in [5.41, 5.74) is 1.12. The van der Waals surface area contributed by atoms with E-state index in [0.717, 1.165) is 11.3 Å². The topological polar surface area (TPSA) is 27.1 Å². The predicted octanol–water partition coefficient (Wildman–Crippen LogP) is 2.85. The van der Waals surface area contributed by atoms with Crippen molar-refractivity contribution >= 4 is 27.0 Å². The van der Waals surface area contributed by atoms with E-state index in [4.69, 9.17) is 4.74 Å². The highest BCUT2D eigenvalue weighted by Crippen LogP contribution is 2.23. The van der Waals surface area contributed by atoms with Crippen molar-refractivity contribution in [2.75, 3.05) is 7.11 Å². The molecule has 0 N–H and O–H groups in total. The van der Waals surface area contributed by atoms with Gasteiger partial charge in [-0.05, 0) is 19.1 Å². The zero-order chi connectivity index (χ0) is 11.0. The van der Waals surface area contributed by atoms with Crippen LogP contribution in [0.5, 0.6) is 0 Å². The fourth-order valence-corrected chi connectivity index (χ4v) is 1.98. The Morgan fingerprint density at radius 2 is 2.27 bits per heavy atom. The molecule has 0 saturated carbocycles. The van der Waals surface area contributed by atoms with Crippen molar-refractivity contribution in [3.8, 4) is 0 Å². The molecule has 0 unspecified atom stereocenters. The second-order valence-corrected chi connectivity index (χ2v) is 4.18. The number of nitrogens with zero attached hydrogens (tertiary/aromatic N) is 2. The first kappa shape index (κ1) is 10.6. The van der Waals surface area contributed by atoms with Crippen molar-refractivity contribution < 1.29 is 9.13 Å². The maximum Gasteiger partial charge on any atom is 0.152 e. The zero-order valence-electron chi connectivity index (χ0n) is 8.42. The van der Waals surface area contributed by atoms with Gasteiger partial charge in [-0.1, -0.05) is 15.9 Å². The van der Waals surface area contributed by atoms with Crippen LogP contribution < -0.4 is 0 Å². The predicted molar refractivity (Wildman–Crippen MR) is 59.1 cm³/mol. The molecule has 0 spiro atoms. The summed E-state index contributed by atoms with van der Waals surface area (Å²) in [7, 11) is 1.60. The second kappa shape index (κ2) is 3.90. The number of halogens is 2. The monoisotopic (exact) mass is 272 g/mol. The van der Waals surface area contributed by atoms with Crippen molar-refractivity contribution in [1.29, 1.82) is 0 Å². The van der Waals surface area contributed by atoms with E-state index in [1.54, 1.807) is 7.11 Å². The van der Waals surface area contributed by atoms with Crippen molar-refractivity contribution in [1.82, 2.24) is 9.55 Å². The van der Waals surface area contributed by atoms with Crippen molar-refractivity contribution in [2.45, 2.75) is 13.7 Å². The third-order valence-corrected chi connectivity index (χ3v) is 2.68. The molecule has 2 aromatic rings. The molecular weight excluding hydrogens is 263 g/mol. The standard InChI is InChI=1S/C10H10BrFN2O/c1-6-13-10-8(12)3-7(11)4-9(10)14(6)5-15-2/h3-4H,5H2,1-2H3. The molecule has 0 fully saturated rings. The van der Waals surface area contributed by atoms with E-state index < -0.39 is 0 Å². The van der Waals surface area contributed by atoms with Gasteiger partial charge in [0, 0.05) is 11.6 Å². The third kappa shape index (κ3) is 1.77. The van der Waals surface area contributed by atoms with Gasteiger partial charge in [0.05, 0.1) is 5.52 Å². The van der Waals surface area contributed by atoms with Gasteiger partial charge in [0.25, 0.3) is 0 Å². The zero-order valence-corrected chi connectivity index (χ0v) is 10.0. The highest BCUT2D eigenvalue weighted by molar-refractivity contribution is 9.10. The van der Waals surface area contributed by atoms with Gasteiger partial charge in [-0.3, -0.25) is 0 Å². The largest absolute Gasteiger partial charge is 0.364 e. The molecule has 0 aliphatic heterocycles. The lowest BCUT2D eigenvalue weighted by molar-refractivity contribution is 0.132. The van der Waals surface area contributed by atoms with Crippen LogP contribution in [0, 0.1) is 12.7 Å². The van der Waals surface area contributed by atoms with Crippen molar-refractivity contribution in [2.24, 2.45) is 0 Å². The summed E-state index contributed by atoms with van der Waals surface area (Å²) < 4.78 is 21.1. The van der Waals surface area contributed by atoms with Crippen LogP contribution in [0.2, 0.25) is 0 Å². The first-order chi connectivity index (χ1) is 7.13. The molecule has 0 aliphatic carbocycles. The minimum Gasteiger partial charge on any atom is -0.364 e. The number of ether oxygens (including phenoxy) is 1. The summed E-state index contributed by atoms with van der Waals surface area (Å²) in [6.45, 7) is 2.20. The molecule has 5 heteroatoms. The number of hydrogen-bond donors (Lipinski definition) is 0. The molecule has 0 aliphatic rings. The molecule has 0 bridgehead atoms. The summed E-state index contributed by atoms with van der Waals surface area (Å²) in [5.74, 6) is 0.418. The van der Waals surface area contributed by atoms with Gasteiger partial charge in [0.1, 0.15) is 18.1 Å². The number of hydrogen-bond acceptors (Lipinski definition) is 2. The number of fused-ring (bicyclic) bond motifs is 1. The quantitative estimate of drug-likeness (QED) is 0.841. The van der Waals surface area contributed by atoms with E-state index in [1.807, 2.05) is 17.6 Å². The van der Waals surface area contributed by atoms with Gasteiger partial charge in [-0.15, -0.1) is 0 Å². The third-order valence-electron chi connectivity index (χ3n) is 2.22. The minimum atomic E-state index is -0.322. The molecule has 2 rings (SSSR count). The van der Waals surface area contributed by atoms with Gasteiger partial charge in [-0.25, -0.2) is 9.37 Å². The Labute approximate surface area is 95.0 Å². The van der Waals surface area contributed by atoms with Gasteiger partial charge < -0.3 is 9.30 Å². The molecular formula is C10H10BrFN2O. The number of rotatable bonds is 2. The molecule has 3 nitrogen and oxygen atoms in total. The van der Waals surface area contributed by atoms with Crippen LogP contribution in [0.25, 0.3) is 11.0 Å². The van der Waals surface area contributed by atoms with Crippen LogP contribution >= 0.6 is 15.9 Å². The number of aryl methyl sites for hydroxylation is 1. The Morgan fingerprint density at radius 1 is 1.53 bits per heavy atom. The van der Waals surface area contributed by atoms with Gasteiger partial charge >= 0.3 is 0 Å². The molecule has 1 aromatic heterocycles. The van der Waals surface area contributed by atoms with E-state index in [1.165, 1.54) is 6.07 Å². The van der Waals surface area contributed by atoms with E-state index in [2.05, 4.69) is 20.9 Å². The summed E-state index contributed by atoms with van der Waals surface area (Å²) in [5, 5.41) is 0. The molecule has 0 amide bonds. The number of methoxy groups -OCH3 is 1. The Kier molecular flexibility index (Phi) is 2.75. The molecule has 80 valence electrons. The maximum atomic E-state index is 13.5. The summed E-state index contributed by atoms with van der Waals surface area (Å²) in [6, 6.07) is 3.24. The van der Waals surface area contributed by atoms with Crippen LogP contribution in [0.3, 0.4) is 0 Å². The fourth-order valence-electron chi connectivity index (χ4n) is 1.56. The van der Waals surface area contributed by atoms with Crippen LogP contribution in [-0.2, 0) is 11.5 Å². The lowest BCUT2D eigenvalue weighted by Gasteiger charge is -2.04. The highest BCUT2D eigenvalue weighted by Gasteiger charge is 2.11. The number of imidazole rings is 1. The first-order valence-corrected chi connectivity index (χ1v) is 5.23. The van der Waals surface area contributed by atoms with Crippen molar-refractivity contribution in [3.63, 3.8) is 0 Å². The second-order valence-electron chi connectivity index (χ2n) is 3.26. The van der Waals surface area contributed by atoms with Crippen molar-refractivity contribution in [3.05, 3.63) is 28.2 Å². The maximum absolute atomic E-state index is 13.5. The fraction of sp³-hybridized carbons (Fsp3) is 0.300. The Bertz CT molecular complexity index is 510. The number of aromatic nitrogens is 2. The summed E-state index contributed by atoms with van der Waals surface area (Å²) in [4.78, 5) is 4.16. The average molecular weight is 273 g/mol. The SMILES string of the molecule is COCn1c(C)nc2c(F)cc(Br)cc21. The molecule has 1 aromatic carbocycles. The van der Waals surface area contributed by atoms with Gasteiger partial charge in [-0.2, -0.15) is 0 Å². The minimum absolute atomic E-state index is 0.322. The Morgan fingerprint density at radius 3 is 2.93 bits per heavy atom. The van der Waals surface area contributed by atoms with E-state index in [-0.39, 0.29) is 5.82 Å². The Hall–Kier alpha value is -0.940. The smallest absolute Gasteiger partial charge is 0.152 e. The summed E-state index contributed by atoms with van der Waals surface area (Å²) >= 11 is 3.26. The lowest BCUT2D eigenvalue weighted by atomic mass is 10.3. The molecule has 0 saturated heterocycles. The van der Waals surface area contributed by atoms with E-state index in [9.17, 15) is 4.39 Å². The van der Waals surface area contributed by atoms with E-state index >= 15 is 0 Å². The lowest BCUT2D eigenvalue weighted by Crippen LogP contribution is -2.01. The molecule has 0 radical (unpaired) electrons. The average Bonchev–Trinajstić information content (AvgIpc) is 2.46. The van der Waals surface area contributed by atoms with E-state index in [0.29, 0.717) is 16.7 Å². The molecule has 1 heterocycles. The van der Waals surface area contributed by atoms with Crippen LogP contribution in [0.4, 0.5) is 4.39 Å². The highest BCUT2D eigenvalue weighted by atomic mass is 79.9. The number of benzene rings is 1.